The van der Waals surface area contributed by atoms with Crippen molar-refractivity contribution in [3.05, 3.63) is 83.7 Å². The minimum atomic E-state index is -0.306. The summed E-state index contributed by atoms with van der Waals surface area (Å²) in [5.41, 5.74) is 4.46. The molecule has 7 heteroatoms. The summed E-state index contributed by atoms with van der Waals surface area (Å²) < 4.78 is 13.1. The van der Waals surface area contributed by atoms with Gasteiger partial charge in [0.05, 0.1) is 11.0 Å². The van der Waals surface area contributed by atoms with Gasteiger partial charge in [0.2, 0.25) is 5.91 Å². The molecule has 1 aromatic heterocycles. The summed E-state index contributed by atoms with van der Waals surface area (Å²) in [7, 11) is 0. The van der Waals surface area contributed by atoms with Crippen LogP contribution in [0.4, 0.5) is 10.1 Å². The Balaban J connectivity index is 1.35. The molecule has 4 aromatic rings. The number of H-pyrrole nitrogens is 1. The van der Waals surface area contributed by atoms with Crippen LogP contribution in [-0.2, 0) is 4.79 Å². The molecule has 0 aliphatic rings. The van der Waals surface area contributed by atoms with Crippen LogP contribution in [0.5, 0.6) is 0 Å². The number of hydrogen-bond donors (Lipinski definition) is 3. The molecule has 0 aliphatic heterocycles. The molecule has 0 radical (unpaired) electrons. The van der Waals surface area contributed by atoms with Crippen molar-refractivity contribution in [2.75, 3.05) is 11.9 Å². The fraction of sp³-hybridized carbons (Fsp3) is 0.125. The maximum atomic E-state index is 13.1. The molecule has 0 bridgehead atoms. The van der Waals surface area contributed by atoms with Crippen LogP contribution in [0, 0.1) is 12.7 Å². The van der Waals surface area contributed by atoms with Crippen LogP contribution in [0.25, 0.3) is 22.4 Å². The van der Waals surface area contributed by atoms with E-state index in [0.717, 1.165) is 22.2 Å². The number of amides is 2. The number of imidazole rings is 1. The van der Waals surface area contributed by atoms with Gasteiger partial charge in [-0.3, -0.25) is 9.59 Å². The predicted molar refractivity (Wildman–Crippen MR) is 118 cm³/mol. The van der Waals surface area contributed by atoms with E-state index in [0.29, 0.717) is 17.1 Å². The van der Waals surface area contributed by atoms with Crippen molar-refractivity contribution < 1.29 is 14.0 Å². The molecule has 0 atom stereocenters. The molecule has 0 aliphatic carbocycles. The average molecular weight is 416 g/mol. The van der Waals surface area contributed by atoms with Gasteiger partial charge in [0, 0.05) is 29.8 Å². The van der Waals surface area contributed by atoms with Crippen molar-refractivity contribution in [1.29, 1.82) is 0 Å². The third-order valence-corrected chi connectivity index (χ3v) is 4.80. The predicted octanol–water partition coefficient (Wildman–Crippen LogP) is 4.44. The van der Waals surface area contributed by atoms with Gasteiger partial charge in [0.15, 0.2) is 0 Å². The Morgan fingerprint density at radius 1 is 1.03 bits per heavy atom. The van der Waals surface area contributed by atoms with Crippen molar-refractivity contribution >= 4 is 28.5 Å². The number of aromatic nitrogens is 2. The Morgan fingerprint density at radius 2 is 1.84 bits per heavy atom. The minimum absolute atomic E-state index is 0.152. The van der Waals surface area contributed by atoms with Gasteiger partial charge in [-0.2, -0.15) is 0 Å². The van der Waals surface area contributed by atoms with Crippen LogP contribution in [0.1, 0.15) is 22.3 Å². The highest BCUT2D eigenvalue weighted by Crippen LogP contribution is 2.23. The van der Waals surface area contributed by atoms with Gasteiger partial charge in [0.25, 0.3) is 5.91 Å². The third-order valence-electron chi connectivity index (χ3n) is 4.80. The first-order valence-electron chi connectivity index (χ1n) is 9.88. The van der Waals surface area contributed by atoms with Gasteiger partial charge in [-0.05, 0) is 61.5 Å². The first-order chi connectivity index (χ1) is 15.0. The Bertz CT molecular complexity index is 1250. The fourth-order valence-corrected chi connectivity index (χ4v) is 3.23. The number of fused-ring (bicyclic) bond motifs is 1. The van der Waals surface area contributed by atoms with E-state index in [1.165, 1.54) is 12.1 Å². The zero-order chi connectivity index (χ0) is 21.8. The third kappa shape index (κ3) is 4.95. The van der Waals surface area contributed by atoms with E-state index in [1.54, 1.807) is 42.5 Å². The molecule has 3 N–H and O–H groups in total. The summed E-state index contributed by atoms with van der Waals surface area (Å²) in [5, 5.41) is 5.58. The molecule has 2 amide bonds. The molecule has 0 unspecified atom stereocenters. The largest absolute Gasteiger partial charge is 0.352 e. The highest BCUT2D eigenvalue weighted by atomic mass is 19.1. The molecule has 0 spiro atoms. The van der Waals surface area contributed by atoms with Crippen molar-refractivity contribution in [2.24, 2.45) is 0 Å². The van der Waals surface area contributed by atoms with Crippen LogP contribution in [-0.4, -0.2) is 28.3 Å². The first kappa shape index (κ1) is 20.3. The van der Waals surface area contributed by atoms with Crippen molar-refractivity contribution in [3.63, 3.8) is 0 Å². The summed E-state index contributed by atoms with van der Waals surface area (Å²) in [5.74, 6) is -0.0943. The number of carbonyl (C=O) groups excluding carboxylic acids is 2. The van der Waals surface area contributed by atoms with E-state index < -0.39 is 0 Å². The maximum Gasteiger partial charge on any atom is 0.251 e. The molecule has 156 valence electrons. The normalized spacial score (nSPS) is 10.8. The van der Waals surface area contributed by atoms with Crippen LogP contribution in [0.3, 0.4) is 0 Å². The molecule has 3 aromatic carbocycles. The average Bonchev–Trinajstić information content (AvgIpc) is 3.17. The Labute approximate surface area is 178 Å². The maximum absolute atomic E-state index is 13.1. The number of aromatic amines is 1. The molecule has 0 fully saturated rings. The lowest BCUT2D eigenvalue weighted by molar-refractivity contribution is -0.116. The number of nitrogens with zero attached hydrogens (tertiary/aromatic N) is 1. The summed E-state index contributed by atoms with van der Waals surface area (Å²) >= 11 is 0. The van der Waals surface area contributed by atoms with Crippen molar-refractivity contribution in [1.82, 2.24) is 15.3 Å². The summed E-state index contributed by atoms with van der Waals surface area (Å²) in [6.07, 6.45) is 0.152. The van der Waals surface area contributed by atoms with E-state index in [-0.39, 0.29) is 30.6 Å². The van der Waals surface area contributed by atoms with Gasteiger partial charge in [-0.25, -0.2) is 9.37 Å². The zero-order valence-corrected chi connectivity index (χ0v) is 16.9. The smallest absolute Gasteiger partial charge is 0.251 e. The summed E-state index contributed by atoms with van der Waals surface area (Å²) in [4.78, 5) is 32.1. The van der Waals surface area contributed by atoms with Gasteiger partial charge in [-0.1, -0.05) is 17.7 Å². The monoisotopic (exact) mass is 416 g/mol. The number of hydrogen-bond acceptors (Lipinski definition) is 3. The topological polar surface area (TPSA) is 86.9 Å². The van der Waals surface area contributed by atoms with E-state index in [4.69, 9.17) is 0 Å². The van der Waals surface area contributed by atoms with Crippen LogP contribution < -0.4 is 10.6 Å². The quantitative estimate of drug-likeness (QED) is 0.434. The molecular formula is C24H21FN4O2. The molecule has 4 rings (SSSR count). The van der Waals surface area contributed by atoms with Crippen LogP contribution in [0.15, 0.2) is 66.7 Å². The highest BCUT2D eigenvalue weighted by Gasteiger charge is 2.09. The Hall–Kier alpha value is -4.00. The molecule has 0 saturated heterocycles. The Morgan fingerprint density at radius 3 is 2.61 bits per heavy atom. The van der Waals surface area contributed by atoms with E-state index >= 15 is 0 Å². The van der Waals surface area contributed by atoms with E-state index in [2.05, 4.69) is 20.6 Å². The second kappa shape index (κ2) is 8.79. The van der Waals surface area contributed by atoms with Crippen molar-refractivity contribution in [3.8, 4) is 11.4 Å². The van der Waals surface area contributed by atoms with E-state index in [9.17, 15) is 14.0 Å². The molecule has 6 nitrogen and oxygen atoms in total. The van der Waals surface area contributed by atoms with Crippen LogP contribution >= 0.6 is 0 Å². The number of rotatable bonds is 6. The second-order valence-corrected chi connectivity index (χ2v) is 7.25. The number of carbonyl (C=O) groups is 2. The van der Waals surface area contributed by atoms with Crippen molar-refractivity contribution in [2.45, 2.75) is 13.3 Å². The molecule has 31 heavy (non-hydrogen) atoms. The van der Waals surface area contributed by atoms with Gasteiger partial charge in [0.1, 0.15) is 11.6 Å². The lowest BCUT2D eigenvalue weighted by atomic mass is 10.1. The Kier molecular flexibility index (Phi) is 5.75. The zero-order valence-electron chi connectivity index (χ0n) is 16.9. The second-order valence-electron chi connectivity index (χ2n) is 7.25. The van der Waals surface area contributed by atoms with Gasteiger partial charge in [-0.15, -0.1) is 0 Å². The fourth-order valence-electron chi connectivity index (χ4n) is 3.23. The van der Waals surface area contributed by atoms with E-state index in [1.807, 2.05) is 19.1 Å². The number of halogens is 1. The summed E-state index contributed by atoms with van der Waals surface area (Å²) in [6.45, 7) is 2.16. The molecule has 0 saturated carbocycles. The number of nitrogens with one attached hydrogen (secondary N) is 3. The first-order valence-corrected chi connectivity index (χ1v) is 9.88. The van der Waals surface area contributed by atoms with Gasteiger partial charge < -0.3 is 15.6 Å². The lowest BCUT2D eigenvalue weighted by Crippen LogP contribution is -2.27. The van der Waals surface area contributed by atoms with Crippen LogP contribution in [0.2, 0.25) is 0 Å². The SMILES string of the molecule is Cc1cccc(C(=O)NCCC(=O)Nc2ccc3nc(-c4ccc(F)cc4)[nH]c3c2)c1. The standard InChI is InChI=1S/C24H21FN4O2/c1-15-3-2-4-17(13-15)24(31)26-12-11-22(30)27-19-9-10-20-21(14-19)29-23(28-20)16-5-7-18(25)8-6-16/h2-10,13-14H,11-12H2,1H3,(H,26,31)(H,27,30)(H,28,29). The number of anilines is 1. The number of aryl methyl sites for hydroxylation is 1. The molecule has 1 heterocycles. The number of benzene rings is 3. The van der Waals surface area contributed by atoms with Gasteiger partial charge >= 0.3 is 0 Å². The highest BCUT2D eigenvalue weighted by molar-refractivity contribution is 5.96. The molecular weight excluding hydrogens is 395 g/mol. The lowest BCUT2D eigenvalue weighted by Gasteiger charge is -2.07. The summed E-state index contributed by atoms with van der Waals surface area (Å²) in [6, 6.07) is 18.7. The minimum Gasteiger partial charge on any atom is -0.352 e.